The van der Waals surface area contributed by atoms with Gasteiger partial charge in [0.25, 0.3) is 0 Å². The van der Waals surface area contributed by atoms with E-state index >= 15 is 0 Å². The molecule has 0 aliphatic carbocycles. The van der Waals surface area contributed by atoms with Crippen molar-refractivity contribution in [3.05, 3.63) is 46.5 Å². The molecule has 0 radical (unpaired) electrons. The molecule has 0 N–H and O–H groups in total. The fourth-order valence-electron chi connectivity index (χ4n) is 3.39. The van der Waals surface area contributed by atoms with Crippen molar-refractivity contribution in [3.63, 3.8) is 0 Å². The van der Waals surface area contributed by atoms with Gasteiger partial charge in [-0.3, -0.25) is 4.79 Å². The fraction of sp³-hybridized carbons (Fsp3) is 0.350. The van der Waals surface area contributed by atoms with Gasteiger partial charge in [-0.1, -0.05) is 12.1 Å². The highest BCUT2D eigenvalue weighted by molar-refractivity contribution is 6.04. The summed E-state index contributed by atoms with van der Waals surface area (Å²) in [5.41, 5.74) is 3.05. The molecule has 3 rings (SSSR count). The molecule has 0 spiro atoms. The van der Waals surface area contributed by atoms with Gasteiger partial charge >= 0.3 is 0 Å². The molecular formula is C20H22O5. The molecule has 0 saturated heterocycles. The SMILES string of the molecule is COc1ccc(C2CC(=O)c3c(OC)c(C)c(OC)c(C)c3O2)cc1. The summed E-state index contributed by atoms with van der Waals surface area (Å²) in [5.74, 6) is 2.51. The van der Waals surface area contributed by atoms with E-state index in [4.69, 9.17) is 18.9 Å². The molecule has 1 atom stereocenters. The van der Waals surface area contributed by atoms with Crippen LogP contribution < -0.4 is 18.9 Å². The highest BCUT2D eigenvalue weighted by Crippen LogP contribution is 2.47. The van der Waals surface area contributed by atoms with E-state index in [9.17, 15) is 4.79 Å². The van der Waals surface area contributed by atoms with Crippen LogP contribution in [0.4, 0.5) is 0 Å². The Bertz CT molecular complexity index is 808. The van der Waals surface area contributed by atoms with E-state index in [2.05, 4.69) is 0 Å². The molecule has 2 aromatic rings. The van der Waals surface area contributed by atoms with Crippen LogP contribution >= 0.6 is 0 Å². The molecule has 132 valence electrons. The van der Waals surface area contributed by atoms with Crippen LogP contribution in [0, 0.1) is 13.8 Å². The van der Waals surface area contributed by atoms with Crippen molar-refractivity contribution in [2.45, 2.75) is 26.4 Å². The minimum atomic E-state index is -0.346. The lowest BCUT2D eigenvalue weighted by atomic mass is 9.91. The number of carbonyl (C=O) groups is 1. The number of ketones is 1. The number of hydrogen-bond acceptors (Lipinski definition) is 5. The third-order valence-corrected chi connectivity index (χ3v) is 4.62. The summed E-state index contributed by atoms with van der Waals surface area (Å²) in [5, 5.41) is 0. The summed E-state index contributed by atoms with van der Waals surface area (Å²) in [6, 6.07) is 7.56. The minimum Gasteiger partial charge on any atom is -0.497 e. The highest BCUT2D eigenvalue weighted by Gasteiger charge is 2.34. The number of methoxy groups -OCH3 is 3. The zero-order valence-corrected chi connectivity index (χ0v) is 15.1. The van der Waals surface area contributed by atoms with E-state index in [1.807, 2.05) is 38.1 Å². The normalized spacial score (nSPS) is 16.0. The van der Waals surface area contributed by atoms with Gasteiger partial charge in [0.2, 0.25) is 0 Å². The quantitative estimate of drug-likeness (QED) is 0.839. The molecule has 5 nitrogen and oxygen atoms in total. The summed E-state index contributed by atoms with van der Waals surface area (Å²) >= 11 is 0. The number of ether oxygens (including phenoxy) is 4. The second kappa shape index (κ2) is 6.67. The highest BCUT2D eigenvalue weighted by atomic mass is 16.5. The summed E-state index contributed by atoms with van der Waals surface area (Å²) < 4.78 is 22.4. The first kappa shape index (κ1) is 17.1. The first-order valence-electron chi connectivity index (χ1n) is 8.10. The Morgan fingerprint density at radius 1 is 0.920 bits per heavy atom. The molecule has 25 heavy (non-hydrogen) atoms. The Balaban J connectivity index is 2.08. The largest absolute Gasteiger partial charge is 0.497 e. The standard InChI is InChI=1S/C20H22O5/c1-11-18(23-4)12(2)20-17(19(11)24-5)15(21)10-16(25-20)13-6-8-14(22-3)9-7-13/h6-9,16H,10H2,1-5H3. The Morgan fingerprint density at radius 2 is 1.56 bits per heavy atom. The number of hydrogen-bond donors (Lipinski definition) is 0. The molecule has 0 bridgehead atoms. The Hall–Kier alpha value is -2.69. The molecule has 1 aliphatic heterocycles. The summed E-state index contributed by atoms with van der Waals surface area (Å²) in [7, 11) is 4.78. The summed E-state index contributed by atoms with van der Waals surface area (Å²) in [4.78, 5) is 12.9. The van der Waals surface area contributed by atoms with E-state index in [0.717, 1.165) is 22.4 Å². The Kier molecular flexibility index (Phi) is 4.57. The second-order valence-corrected chi connectivity index (χ2v) is 6.03. The summed E-state index contributed by atoms with van der Waals surface area (Å²) in [6.45, 7) is 3.78. The van der Waals surface area contributed by atoms with Crippen molar-refractivity contribution >= 4 is 5.78 Å². The number of benzene rings is 2. The zero-order valence-electron chi connectivity index (χ0n) is 15.1. The lowest BCUT2D eigenvalue weighted by molar-refractivity contribution is 0.0841. The monoisotopic (exact) mass is 342 g/mol. The van der Waals surface area contributed by atoms with Gasteiger partial charge in [0.1, 0.15) is 34.7 Å². The van der Waals surface area contributed by atoms with Crippen LogP contribution in [0.15, 0.2) is 24.3 Å². The average molecular weight is 342 g/mol. The van der Waals surface area contributed by atoms with Crippen molar-refractivity contribution in [2.75, 3.05) is 21.3 Å². The zero-order chi connectivity index (χ0) is 18.1. The van der Waals surface area contributed by atoms with Crippen LogP contribution in [-0.2, 0) is 0 Å². The topological polar surface area (TPSA) is 54.0 Å². The predicted octanol–water partition coefficient (Wildman–Crippen LogP) is 4.04. The van der Waals surface area contributed by atoms with E-state index in [1.54, 1.807) is 21.3 Å². The van der Waals surface area contributed by atoms with Gasteiger partial charge in [-0.15, -0.1) is 0 Å². The molecule has 1 aliphatic rings. The first-order valence-corrected chi connectivity index (χ1v) is 8.10. The number of rotatable bonds is 4. The van der Waals surface area contributed by atoms with Crippen LogP contribution in [0.3, 0.4) is 0 Å². The maximum absolute atomic E-state index is 12.9. The second-order valence-electron chi connectivity index (χ2n) is 6.03. The van der Waals surface area contributed by atoms with E-state index in [-0.39, 0.29) is 18.3 Å². The fourth-order valence-corrected chi connectivity index (χ4v) is 3.39. The number of Topliss-reactive ketones (excluding diaryl/α,β-unsaturated/α-hetero) is 1. The molecule has 1 unspecified atom stereocenters. The third kappa shape index (κ3) is 2.80. The first-order chi connectivity index (χ1) is 12.0. The Labute approximate surface area is 147 Å². The van der Waals surface area contributed by atoms with Crippen LogP contribution in [0.1, 0.15) is 39.6 Å². The van der Waals surface area contributed by atoms with E-state index in [0.29, 0.717) is 22.8 Å². The minimum absolute atomic E-state index is 0.00720. The Morgan fingerprint density at radius 3 is 2.12 bits per heavy atom. The van der Waals surface area contributed by atoms with E-state index < -0.39 is 0 Å². The molecule has 0 aromatic heterocycles. The van der Waals surface area contributed by atoms with E-state index in [1.165, 1.54) is 0 Å². The van der Waals surface area contributed by atoms with Gasteiger partial charge in [0.05, 0.1) is 27.8 Å². The average Bonchev–Trinajstić information content (AvgIpc) is 2.63. The van der Waals surface area contributed by atoms with Crippen molar-refractivity contribution < 1.29 is 23.7 Å². The van der Waals surface area contributed by atoms with Crippen molar-refractivity contribution in [1.82, 2.24) is 0 Å². The number of fused-ring (bicyclic) bond motifs is 1. The lowest BCUT2D eigenvalue weighted by Crippen LogP contribution is -2.22. The van der Waals surface area contributed by atoms with Gasteiger partial charge in [0, 0.05) is 11.1 Å². The molecule has 0 saturated carbocycles. The van der Waals surface area contributed by atoms with Gasteiger partial charge < -0.3 is 18.9 Å². The maximum Gasteiger partial charge on any atom is 0.174 e. The van der Waals surface area contributed by atoms with Crippen LogP contribution in [-0.4, -0.2) is 27.1 Å². The van der Waals surface area contributed by atoms with Crippen LogP contribution in [0.5, 0.6) is 23.0 Å². The molecule has 0 fully saturated rings. The van der Waals surface area contributed by atoms with Crippen LogP contribution in [0.25, 0.3) is 0 Å². The number of carbonyl (C=O) groups excluding carboxylic acids is 1. The smallest absolute Gasteiger partial charge is 0.174 e. The lowest BCUT2D eigenvalue weighted by Gasteiger charge is -2.30. The van der Waals surface area contributed by atoms with Gasteiger partial charge in [-0.2, -0.15) is 0 Å². The van der Waals surface area contributed by atoms with Gasteiger partial charge in [0.15, 0.2) is 5.78 Å². The van der Waals surface area contributed by atoms with Gasteiger partial charge in [-0.25, -0.2) is 0 Å². The molecule has 0 amide bonds. The maximum atomic E-state index is 12.9. The van der Waals surface area contributed by atoms with Crippen LogP contribution in [0.2, 0.25) is 0 Å². The van der Waals surface area contributed by atoms with Crippen molar-refractivity contribution in [1.29, 1.82) is 0 Å². The third-order valence-electron chi connectivity index (χ3n) is 4.62. The molecular weight excluding hydrogens is 320 g/mol. The molecule has 2 aromatic carbocycles. The molecule has 1 heterocycles. The van der Waals surface area contributed by atoms with Crippen molar-refractivity contribution in [3.8, 4) is 23.0 Å². The molecule has 5 heteroatoms. The van der Waals surface area contributed by atoms with Gasteiger partial charge in [-0.05, 0) is 31.5 Å². The van der Waals surface area contributed by atoms with Crippen molar-refractivity contribution in [2.24, 2.45) is 0 Å². The predicted molar refractivity (Wildman–Crippen MR) is 94.3 cm³/mol. The summed E-state index contributed by atoms with van der Waals surface area (Å²) in [6.07, 6.45) is -0.0808.